The zero-order valence-electron chi connectivity index (χ0n) is 9.86. The summed E-state index contributed by atoms with van der Waals surface area (Å²) in [7, 11) is 0. The van der Waals surface area contributed by atoms with Gasteiger partial charge in [0.1, 0.15) is 6.10 Å². The van der Waals surface area contributed by atoms with Gasteiger partial charge in [0.2, 0.25) is 0 Å². The highest BCUT2D eigenvalue weighted by atomic mass is 16.4. The molecular weight excluding hydrogens is 194 g/mol. The molecule has 3 unspecified atom stereocenters. The fourth-order valence-corrected chi connectivity index (χ4v) is 1.53. The third-order valence-corrected chi connectivity index (χ3v) is 3.09. The van der Waals surface area contributed by atoms with E-state index in [1.165, 1.54) is 32.6 Å². The van der Waals surface area contributed by atoms with Crippen LogP contribution in [-0.2, 0) is 4.79 Å². The Hall–Kier alpha value is -0.610. The van der Waals surface area contributed by atoms with Gasteiger partial charge in [-0.1, -0.05) is 19.8 Å². The first-order valence-corrected chi connectivity index (χ1v) is 5.47. The smallest absolute Gasteiger partial charge is 0.332 e. The minimum Gasteiger partial charge on any atom is -0.479 e. The molecule has 0 aromatic heterocycles. The average Bonchev–Trinajstić information content (AvgIpc) is 2.11. The standard InChI is InChI=1S/C8H17N.C3H6O3/c1-7-5-3-4-6-8(7,2)9;1-2(4)3(5)6/h7H,3-6,9H2,1-2H3;2,4H,1H3,(H,5,6). The summed E-state index contributed by atoms with van der Waals surface area (Å²) in [5.74, 6) is -0.457. The van der Waals surface area contributed by atoms with Gasteiger partial charge in [-0.15, -0.1) is 0 Å². The molecule has 0 bridgehead atoms. The van der Waals surface area contributed by atoms with Crippen LogP contribution in [0.1, 0.15) is 46.5 Å². The predicted molar refractivity (Wildman–Crippen MR) is 59.5 cm³/mol. The number of hydrogen-bond acceptors (Lipinski definition) is 3. The monoisotopic (exact) mass is 217 g/mol. The van der Waals surface area contributed by atoms with E-state index >= 15 is 0 Å². The molecule has 0 saturated heterocycles. The van der Waals surface area contributed by atoms with Gasteiger partial charge in [0.15, 0.2) is 0 Å². The van der Waals surface area contributed by atoms with E-state index in [0.717, 1.165) is 5.92 Å². The summed E-state index contributed by atoms with van der Waals surface area (Å²) in [6.45, 7) is 5.64. The maximum Gasteiger partial charge on any atom is 0.332 e. The summed E-state index contributed by atoms with van der Waals surface area (Å²) in [6.07, 6.45) is 4.02. The van der Waals surface area contributed by atoms with Crippen molar-refractivity contribution in [3.63, 3.8) is 0 Å². The third-order valence-electron chi connectivity index (χ3n) is 3.09. The highest BCUT2D eigenvalue weighted by molar-refractivity contribution is 5.71. The summed E-state index contributed by atoms with van der Waals surface area (Å²) in [5, 5.41) is 15.8. The summed E-state index contributed by atoms with van der Waals surface area (Å²) in [4.78, 5) is 9.45. The van der Waals surface area contributed by atoms with Crippen molar-refractivity contribution in [2.75, 3.05) is 0 Å². The Kier molecular flexibility index (Phi) is 5.83. The molecule has 4 N–H and O–H groups in total. The average molecular weight is 217 g/mol. The number of aliphatic carboxylic acids is 1. The van der Waals surface area contributed by atoms with Crippen molar-refractivity contribution >= 4 is 5.97 Å². The van der Waals surface area contributed by atoms with Gasteiger partial charge in [-0.25, -0.2) is 4.79 Å². The van der Waals surface area contributed by atoms with Crippen LogP contribution in [0.25, 0.3) is 0 Å². The van der Waals surface area contributed by atoms with E-state index in [1.807, 2.05) is 0 Å². The van der Waals surface area contributed by atoms with E-state index in [0.29, 0.717) is 0 Å². The number of rotatable bonds is 1. The Bertz CT molecular complexity index is 202. The first-order valence-electron chi connectivity index (χ1n) is 5.47. The Morgan fingerprint density at radius 1 is 1.53 bits per heavy atom. The second-order valence-corrected chi connectivity index (χ2v) is 4.67. The van der Waals surface area contributed by atoms with Gasteiger partial charge in [-0.2, -0.15) is 0 Å². The molecule has 0 aromatic carbocycles. The molecule has 3 atom stereocenters. The molecular formula is C11H23NO3. The van der Waals surface area contributed by atoms with Gasteiger partial charge in [-0.05, 0) is 32.6 Å². The van der Waals surface area contributed by atoms with Crippen LogP contribution in [-0.4, -0.2) is 27.8 Å². The maximum absolute atomic E-state index is 9.45. The number of carboxylic acid groups (broad SMARTS) is 1. The fourth-order valence-electron chi connectivity index (χ4n) is 1.53. The lowest BCUT2D eigenvalue weighted by molar-refractivity contribution is -0.145. The Balaban J connectivity index is 0.000000288. The van der Waals surface area contributed by atoms with Gasteiger partial charge in [0, 0.05) is 5.54 Å². The molecule has 0 aromatic rings. The third kappa shape index (κ3) is 5.74. The summed E-state index contributed by atoms with van der Waals surface area (Å²) >= 11 is 0. The molecule has 1 aliphatic rings. The highest BCUT2D eigenvalue weighted by Gasteiger charge is 2.28. The van der Waals surface area contributed by atoms with Gasteiger partial charge in [0.05, 0.1) is 0 Å². The minimum absolute atomic E-state index is 0.137. The zero-order chi connectivity index (χ0) is 12.1. The van der Waals surface area contributed by atoms with Crippen molar-refractivity contribution < 1.29 is 15.0 Å². The van der Waals surface area contributed by atoms with Crippen molar-refractivity contribution in [1.82, 2.24) is 0 Å². The molecule has 0 heterocycles. The number of carboxylic acids is 1. The van der Waals surface area contributed by atoms with Crippen LogP contribution in [0.4, 0.5) is 0 Å². The molecule has 1 saturated carbocycles. The molecule has 0 amide bonds. The number of aliphatic hydroxyl groups is 1. The first-order chi connectivity index (χ1) is 6.77. The lowest BCUT2D eigenvalue weighted by atomic mass is 9.76. The van der Waals surface area contributed by atoms with Gasteiger partial charge in [-0.3, -0.25) is 0 Å². The molecule has 0 spiro atoms. The molecule has 15 heavy (non-hydrogen) atoms. The van der Waals surface area contributed by atoms with E-state index in [9.17, 15) is 4.79 Å². The molecule has 0 radical (unpaired) electrons. The number of nitrogens with two attached hydrogens (primary N) is 1. The van der Waals surface area contributed by atoms with Crippen molar-refractivity contribution in [2.24, 2.45) is 11.7 Å². The van der Waals surface area contributed by atoms with Crippen LogP contribution in [0.5, 0.6) is 0 Å². The zero-order valence-corrected chi connectivity index (χ0v) is 9.86. The topological polar surface area (TPSA) is 83.5 Å². The van der Waals surface area contributed by atoms with Crippen LogP contribution < -0.4 is 5.73 Å². The van der Waals surface area contributed by atoms with Gasteiger partial charge >= 0.3 is 5.97 Å². The van der Waals surface area contributed by atoms with E-state index in [1.54, 1.807) is 0 Å². The molecule has 1 rings (SSSR count). The number of hydrogen-bond donors (Lipinski definition) is 3. The normalized spacial score (nSPS) is 32.5. The fraction of sp³-hybridized carbons (Fsp3) is 0.909. The van der Waals surface area contributed by atoms with Crippen molar-refractivity contribution in [2.45, 2.75) is 58.1 Å². The number of aliphatic hydroxyl groups excluding tert-OH is 1. The van der Waals surface area contributed by atoms with E-state index in [4.69, 9.17) is 15.9 Å². The van der Waals surface area contributed by atoms with Crippen molar-refractivity contribution in [3.05, 3.63) is 0 Å². The molecule has 4 heteroatoms. The summed E-state index contributed by atoms with van der Waals surface area (Å²) in [6, 6.07) is 0. The van der Waals surface area contributed by atoms with Gasteiger partial charge < -0.3 is 15.9 Å². The second-order valence-electron chi connectivity index (χ2n) is 4.67. The summed E-state index contributed by atoms with van der Waals surface area (Å²) in [5.41, 5.74) is 6.16. The second kappa shape index (κ2) is 6.08. The van der Waals surface area contributed by atoms with Crippen LogP contribution in [0, 0.1) is 5.92 Å². The molecule has 0 aliphatic heterocycles. The van der Waals surface area contributed by atoms with Crippen LogP contribution in [0.15, 0.2) is 0 Å². The van der Waals surface area contributed by atoms with Crippen LogP contribution >= 0.6 is 0 Å². The van der Waals surface area contributed by atoms with Gasteiger partial charge in [0.25, 0.3) is 0 Å². The largest absolute Gasteiger partial charge is 0.479 e. The van der Waals surface area contributed by atoms with Crippen molar-refractivity contribution in [1.29, 1.82) is 0 Å². The predicted octanol–water partition coefficient (Wildman–Crippen LogP) is 1.37. The lowest BCUT2D eigenvalue weighted by Crippen LogP contribution is -2.44. The quantitative estimate of drug-likeness (QED) is 0.619. The van der Waals surface area contributed by atoms with E-state index < -0.39 is 12.1 Å². The Morgan fingerprint density at radius 2 is 2.00 bits per heavy atom. The van der Waals surface area contributed by atoms with E-state index in [2.05, 4.69) is 13.8 Å². The molecule has 1 aliphatic carbocycles. The molecule has 1 fully saturated rings. The highest BCUT2D eigenvalue weighted by Crippen LogP contribution is 2.30. The van der Waals surface area contributed by atoms with Crippen LogP contribution in [0.3, 0.4) is 0 Å². The maximum atomic E-state index is 9.45. The number of carbonyl (C=O) groups is 1. The minimum atomic E-state index is -1.23. The molecule has 4 nitrogen and oxygen atoms in total. The summed E-state index contributed by atoms with van der Waals surface area (Å²) < 4.78 is 0. The van der Waals surface area contributed by atoms with E-state index in [-0.39, 0.29) is 5.54 Å². The first kappa shape index (κ1) is 14.4. The lowest BCUT2D eigenvalue weighted by Gasteiger charge is -2.35. The van der Waals surface area contributed by atoms with Crippen LogP contribution in [0.2, 0.25) is 0 Å². The SMILES string of the molecule is CC(O)C(=O)O.CC1CCCCC1(C)N. The Morgan fingerprint density at radius 3 is 2.20 bits per heavy atom. The molecule has 90 valence electrons. The van der Waals surface area contributed by atoms with Crippen molar-refractivity contribution in [3.8, 4) is 0 Å². The Labute approximate surface area is 91.5 Å².